The van der Waals surface area contributed by atoms with E-state index in [9.17, 15) is 4.79 Å². The third-order valence-electron chi connectivity index (χ3n) is 3.62. The van der Waals surface area contributed by atoms with Crippen LogP contribution < -0.4 is 9.47 Å². The maximum Gasteiger partial charge on any atom is 0.260 e. The highest BCUT2D eigenvalue weighted by atomic mass is 16.5. The summed E-state index contributed by atoms with van der Waals surface area (Å²) in [6.07, 6.45) is 3.04. The fourth-order valence-corrected chi connectivity index (χ4v) is 2.10. The fraction of sp³-hybridized carbons (Fsp3) is 0.588. The van der Waals surface area contributed by atoms with Crippen LogP contribution in [-0.4, -0.2) is 37.1 Å². The predicted octanol–water partition coefficient (Wildman–Crippen LogP) is 3.50. The van der Waals surface area contributed by atoms with E-state index in [4.69, 9.17) is 9.47 Å². The zero-order valence-corrected chi connectivity index (χ0v) is 13.6. The molecule has 1 amide bonds. The Bertz CT molecular complexity index is 434. The number of ether oxygens (including phenoxy) is 2. The zero-order chi connectivity index (χ0) is 15.7. The molecule has 0 saturated heterocycles. The summed E-state index contributed by atoms with van der Waals surface area (Å²) in [6.45, 7) is 7.15. The molecule has 0 N–H and O–H groups in total. The molecule has 21 heavy (non-hydrogen) atoms. The minimum atomic E-state index is 0.0312. The number of carbonyl (C=O) groups is 1. The molecule has 118 valence electrons. The molecule has 1 unspecified atom stereocenters. The lowest BCUT2D eigenvalue weighted by Gasteiger charge is -2.28. The van der Waals surface area contributed by atoms with Crippen LogP contribution >= 0.6 is 0 Å². The van der Waals surface area contributed by atoms with Gasteiger partial charge in [-0.15, -0.1) is 0 Å². The lowest BCUT2D eigenvalue weighted by molar-refractivity contribution is -0.135. The number of amides is 1. The molecule has 1 rings (SSSR count). The molecule has 0 aliphatic heterocycles. The van der Waals surface area contributed by atoms with Crippen LogP contribution in [0.4, 0.5) is 0 Å². The molecule has 4 heteroatoms. The van der Waals surface area contributed by atoms with E-state index in [1.807, 2.05) is 29.2 Å². The van der Waals surface area contributed by atoms with Crippen LogP contribution in [0.5, 0.6) is 11.5 Å². The number of methoxy groups -OCH3 is 1. The minimum absolute atomic E-state index is 0.0312. The van der Waals surface area contributed by atoms with Crippen molar-refractivity contribution in [1.29, 1.82) is 0 Å². The number of unbranched alkanes of at least 4 members (excludes halogenated alkanes) is 1. The molecule has 1 aromatic carbocycles. The van der Waals surface area contributed by atoms with Crippen LogP contribution in [0.1, 0.15) is 40.0 Å². The third-order valence-corrected chi connectivity index (χ3v) is 3.62. The van der Waals surface area contributed by atoms with E-state index in [1.165, 1.54) is 0 Å². The topological polar surface area (TPSA) is 38.8 Å². The monoisotopic (exact) mass is 293 g/mol. The SMILES string of the molecule is CCCCN(C(=O)COc1ccccc1OC)C(C)CC. The quantitative estimate of drug-likeness (QED) is 0.699. The molecule has 4 nitrogen and oxygen atoms in total. The number of hydrogen-bond donors (Lipinski definition) is 0. The summed E-state index contributed by atoms with van der Waals surface area (Å²) in [5.41, 5.74) is 0. The lowest BCUT2D eigenvalue weighted by atomic mass is 10.2. The van der Waals surface area contributed by atoms with E-state index in [2.05, 4.69) is 20.8 Å². The molecule has 1 aromatic rings. The summed E-state index contributed by atoms with van der Waals surface area (Å²) in [5, 5.41) is 0. The van der Waals surface area contributed by atoms with Gasteiger partial charge in [0.25, 0.3) is 5.91 Å². The second-order valence-corrected chi connectivity index (χ2v) is 5.14. The lowest BCUT2D eigenvalue weighted by Crippen LogP contribution is -2.41. The van der Waals surface area contributed by atoms with Gasteiger partial charge in [0.1, 0.15) is 0 Å². The van der Waals surface area contributed by atoms with E-state index in [-0.39, 0.29) is 18.6 Å². The summed E-state index contributed by atoms with van der Waals surface area (Å²) in [6, 6.07) is 7.62. The molecule has 0 aromatic heterocycles. The van der Waals surface area contributed by atoms with E-state index < -0.39 is 0 Å². The Morgan fingerprint density at radius 3 is 2.48 bits per heavy atom. The molecule has 0 aliphatic carbocycles. The predicted molar refractivity (Wildman–Crippen MR) is 84.9 cm³/mol. The van der Waals surface area contributed by atoms with Crippen molar-refractivity contribution >= 4 is 5.91 Å². The summed E-state index contributed by atoms with van der Waals surface area (Å²) >= 11 is 0. The number of hydrogen-bond acceptors (Lipinski definition) is 3. The Labute approximate surface area is 128 Å². The average molecular weight is 293 g/mol. The Morgan fingerprint density at radius 2 is 1.90 bits per heavy atom. The van der Waals surface area contributed by atoms with Crippen molar-refractivity contribution in [1.82, 2.24) is 4.90 Å². The number of benzene rings is 1. The van der Waals surface area contributed by atoms with Gasteiger partial charge in [-0.2, -0.15) is 0 Å². The Morgan fingerprint density at radius 1 is 1.24 bits per heavy atom. The summed E-state index contributed by atoms with van der Waals surface area (Å²) in [4.78, 5) is 14.3. The fourth-order valence-electron chi connectivity index (χ4n) is 2.10. The van der Waals surface area contributed by atoms with E-state index >= 15 is 0 Å². The van der Waals surface area contributed by atoms with Gasteiger partial charge in [-0.05, 0) is 31.9 Å². The maximum absolute atomic E-state index is 12.4. The maximum atomic E-state index is 12.4. The molecule has 0 heterocycles. The second-order valence-electron chi connectivity index (χ2n) is 5.14. The molecule has 0 fully saturated rings. The van der Waals surface area contributed by atoms with Gasteiger partial charge in [0.2, 0.25) is 0 Å². The van der Waals surface area contributed by atoms with Gasteiger partial charge in [0, 0.05) is 12.6 Å². The average Bonchev–Trinajstić information content (AvgIpc) is 2.53. The standard InChI is InChI=1S/C17H27NO3/c1-5-7-12-18(14(3)6-2)17(19)13-21-16-11-9-8-10-15(16)20-4/h8-11,14H,5-7,12-13H2,1-4H3. The molecular formula is C17H27NO3. The molecule has 0 radical (unpaired) electrons. The van der Waals surface area contributed by atoms with Gasteiger partial charge in [-0.1, -0.05) is 32.4 Å². The number of carbonyl (C=O) groups excluding carboxylic acids is 1. The summed E-state index contributed by atoms with van der Waals surface area (Å²) < 4.78 is 10.9. The normalized spacial score (nSPS) is 11.8. The molecule has 0 aliphatic rings. The van der Waals surface area contributed by atoms with Crippen molar-refractivity contribution in [3.8, 4) is 11.5 Å². The van der Waals surface area contributed by atoms with Gasteiger partial charge in [0.05, 0.1) is 7.11 Å². The molecule has 0 bridgehead atoms. The zero-order valence-electron chi connectivity index (χ0n) is 13.6. The number of nitrogens with zero attached hydrogens (tertiary/aromatic N) is 1. The van der Waals surface area contributed by atoms with Crippen molar-refractivity contribution in [2.75, 3.05) is 20.3 Å². The first-order valence-electron chi connectivity index (χ1n) is 7.69. The van der Waals surface area contributed by atoms with Gasteiger partial charge >= 0.3 is 0 Å². The highest BCUT2D eigenvalue weighted by Crippen LogP contribution is 2.25. The van der Waals surface area contributed by atoms with Crippen LogP contribution in [0.15, 0.2) is 24.3 Å². The van der Waals surface area contributed by atoms with Crippen LogP contribution in [0.3, 0.4) is 0 Å². The van der Waals surface area contributed by atoms with Crippen LogP contribution in [0, 0.1) is 0 Å². The summed E-state index contributed by atoms with van der Waals surface area (Å²) in [7, 11) is 1.59. The van der Waals surface area contributed by atoms with Crippen LogP contribution in [-0.2, 0) is 4.79 Å². The van der Waals surface area contributed by atoms with Gasteiger partial charge in [0.15, 0.2) is 18.1 Å². The van der Waals surface area contributed by atoms with Crippen molar-refractivity contribution in [3.05, 3.63) is 24.3 Å². The van der Waals surface area contributed by atoms with E-state index in [0.717, 1.165) is 25.8 Å². The van der Waals surface area contributed by atoms with Crippen molar-refractivity contribution in [2.45, 2.75) is 46.1 Å². The molecule has 0 saturated carbocycles. The third kappa shape index (κ3) is 5.29. The van der Waals surface area contributed by atoms with Gasteiger partial charge in [-0.25, -0.2) is 0 Å². The van der Waals surface area contributed by atoms with Crippen molar-refractivity contribution in [3.63, 3.8) is 0 Å². The van der Waals surface area contributed by atoms with Crippen LogP contribution in [0.25, 0.3) is 0 Å². The summed E-state index contributed by atoms with van der Waals surface area (Å²) in [5.74, 6) is 1.28. The highest BCUT2D eigenvalue weighted by Gasteiger charge is 2.19. The molecular weight excluding hydrogens is 266 g/mol. The molecule has 0 spiro atoms. The first kappa shape index (κ1) is 17.3. The first-order chi connectivity index (χ1) is 10.1. The smallest absolute Gasteiger partial charge is 0.260 e. The highest BCUT2D eigenvalue weighted by molar-refractivity contribution is 5.78. The van der Waals surface area contributed by atoms with E-state index in [0.29, 0.717) is 11.5 Å². The van der Waals surface area contributed by atoms with Crippen molar-refractivity contribution < 1.29 is 14.3 Å². The second kappa shape index (κ2) is 9.27. The number of para-hydroxylation sites is 2. The Balaban J connectivity index is 2.64. The van der Waals surface area contributed by atoms with Crippen molar-refractivity contribution in [2.24, 2.45) is 0 Å². The van der Waals surface area contributed by atoms with E-state index in [1.54, 1.807) is 7.11 Å². The first-order valence-corrected chi connectivity index (χ1v) is 7.69. The van der Waals surface area contributed by atoms with Gasteiger partial charge < -0.3 is 14.4 Å². The number of rotatable bonds is 9. The largest absolute Gasteiger partial charge is 0.493 e. The van der Waals surface area contributed by atoms with Gasteiger partial charge in [-0.3, -0.25) is 4.79 Å². The Hall–Kier alpha value is -1.71. The minimum Gasteiger partial charge on any atom is -0.493 e. The molecule has 1 atom stereocenters. The Kier molecular flexibility index (Phi) is 7.65. The van der Waals surface area contributed by atoms with Crippen LogP contribution in [0.2, 0.25) is 0 Å².